The molecule has 0 aliphatic carbocycles. The lowest BCUT2D eigenvalue weighted by atomic mass is 10.3. The Balaban J connectivity index is 1.99. The molecule has 0 aliphatic rings. The summed E-state index contributed by atoms with van der Waals surface area (Å²) in [5.74, 6) is 0.0192. The summed E-state index contributed by atoms with van der Waals surface area (Å²) in [6.45, 7) is 2.28. The van der Waals surface area contributed by atoms with E-state index in [4.69, 9.17) is 4.74 Å². The molecule has 0 bridgehead atoms. The van der Waals surface area contributed by atoms with Crippen molar-refractivity contribution < 1.29 is 9.13 Å². The highest BCUT2D eigenvalue weighted by molar-refractivity contribution is 5.17. The van der Waals surface area contributed by atoms with Crippen LogP contribution in [0.3, 0.4) is 0 Å². The summed E-state index contributed by atoms with van der Waals surface area (Å²) in [4.78, 5) is 7.78. The van der Waals surface area contributed by atoms with Crippen LogP contribution >= 0.6 is 0 Å². The van der Waals surface area contributed by atoms with Crippen molar-refractivity contribution in [3.05, 3.63) is 53.9 Å². The zero-order chi connectivity index (χ0) is 11.4. The summed E-state index contributed by atoms with van der Waals surface area (Å²) >= 11 is 0. The van der Waals surface area contributed by atoms with Crippen LogP contribution in [0, 0.1) is 12.9 Å². The molecule has 0 fully saturated rings. The molecule has 82 valence electrons. The van der Waals surface area contributed by atoms with E-state index >= 15 is 0 Å². The molecule has 2 heterocycles. The van der Waals surface area contributed by atoms with Crippen LogP contribution in [0.25, 0.3) is 0 Å². The van der Waals surface area contributed by atoms with Crippen LogP contribution in [0.5, 0.6) is 5.75 Å². The van der Waals surface area contributed by atoms with Crippen molar-refractivity contribution in [3.8, 4) is 5.75 Å². The predicted octanol–water partition coefficient (Wildman–Crippen LogP) is 2.50. The van der Waals surface area contributed by atoms with Crippen molar-refractivity contribution in [3.63, 3.8) is 0 Å². The van der Waals surface area contributed by atoms with Gasteiger partial charge >= 0.3 is 0 Å². The molecule has 2 rings (SSSR count). The molecule has 3 nitrogen and oxygen atoms in total. The monoisotopic (exact) mass is 218 g/mol. The fraction of sp³-hybridized carbons (Fsp3) is 0.167. The summed E-state index contributed by atoms with van der Waals surface area (Å²) in [6.07, 6.45) is 1.35. The summed E-state index contributed by atoms with van der Waals surface area (Å²) < 4.78 is 17.9. The second-order valence-corrected chi connectivity index (χ2v) is 3.38. The van der Waals surface area contributed by atoms with Gasteiger partial charge in [0.2, 0.25) is 5.95 Å². The second-order valence-electron chi connectivity index (χ2n) is 3.38. The smallest absolute Gasteiger partial charge is 0.213 e. The topological polar surface area (TPSA) is 35.0 Å². The molecule has 0 aromatic carbocycles. The van der Waals surface area contributed by atoms with Gasteiger partial charge in [0.05, 0.1) is 11.9 Å². The molecule has 0 spiro atoms. The van der Waals surface area contributed by atoms with Crippen molar-refractivity contribution in [2.45, 2.75) is 13.5 Å². The minimum absolute atomic E-state index is 0.356. The highest BCUT2D eigenvalue weighted by Crippen LogP contribution is 2.10. The maximum atomic E-state index is 12.5. The van der Waals surface area contributed by atoms with Crippen molar-refractivity contribution >= 4 is 0 Å². The summed E-state index contributed by atoms with van der Waals surface area (Å²) in [5.41, 5.74) is 1.78. The van der Waals surface area contributed by atoms with E-state index < -0.39 is 5.95 Å². The number of halogens is 1. The first kappa shape index (κ1) is 10.5. The van der Waals surface area contributed by atoms with E-state index in [0.29, 0.717) is 12.4 Å². The highest BCUT2D eigenvalue weighted by Gasteiger charge is 1.98. The van der Waals surface area contributed by atoms with Gasteiger partial charge in [0.1, 0.15) is 12.4 Å². The third-order valence-electron chi connectivity index (χ3n) is 2.03. The molecule has 4 heteroatoms. The Hall–Kier alpha value is -1.97. The molecule has 0 atom stereocenters. The van der Waals surface area contributed by atoms with Gasteiger partial charge in [-0.15, -0.1) is 0 Å². The molecule has 0 saturated carbocycles. The van der Waals surface area contributed by atoms with Crippen molar-refractivity contribution in [1.82, 2.24) is 9.97 Å². The molecular formula is C12H11FN2O. The normalized spacial score (nSPS) is 10.1. The lowest BCUT2D eigenvalue weighted by molar-refractivity contribution is 0.299. The average molecular weight is 218 g/mol. The van der Waals surface area contributed by atoms with Crippen LogP contribution in [0.1, 0.15) is 11.4 Å². The minimum atomic E-state index is -0.513. The fourth-order valence-corrected chi connectivity index (χ4v) is 1.28. The van der Waals surface area contributed by atoms with Gasteiger partial charge < -0.3 is 4.74 Å². The van der Waals surface area contributed by atoms with Gasteiger partial charge in [0, 0.05) is 5.69 Å². The molecule has 16 heavy (non-hydrogen) atoms. The van der Waals surface area contributed by atoms with Gasteiger partial charge in [0.15, 0.2) is 0 Å². The average Bonchev–Trinajstić information content (AvgIpc) is 2.28. The zero-order valence-corrected chi connectivity index (χ0v) is 8.85. The molecule has 0 N–H and O–H groups in total. The molecule has 0 amide bonds. The Morgan fingerprint density at radius 2 is 2.12 bits per heavy atom. The second kappa shape index (κ2) is 4.70. The van der Waals surface area contributed by atoms with Crippen molar-refractivity contribution in [1.29, 1.82) is 0 Å². The van der Waals surface area contributed by atoms with Gasteiger partial charge in [-0.2, -0.15) is 4.39 Å². The first-order valence-corrected chi connectivity index (χ1v) is 4.91. The summed E-state index contributed by atoms with van der Waals surface area (Å²) in [5, 5.41) is 0. The predicted molar refractivity (Wildman–Crippen MR) is 57.5 cm³/mol. The highest BCUT2D eigenvalue weighted by atomic mass is 19.1. The standard InChI is InChI=1S/C12H11FN2O/c1-9-3-2-4-10(15-9)8-16-11-5-6-12(13)14-7-11/h2-7H,8H2,1H3. The number of pyridine rings is 2. The van der Waals surface area contributed by atoms with E-state index in [1.165, 1.54) is 18.3 Å². The van der Waals surface area contributed by atoms with E-state index in [2.05, 4.69) is 9.97 Å². The van der Waals surface area contributed by atoms with Gasteiger partial charge in [-0.25, -0.2) is 4.98 Å². The third kappa shape index (κ3) is 2.76. The van der Waals surface area contributed by atoms with Gasteiger partial charge in [0.25, 0.3) is 0 Å². The van der Waals surface area contributed by atoms with Crippen LogP contribution in [-0.2, 0) is 6.61 Å². The van der Waals surface area contributed by atoms with Crippen LogP contribution < -0.4 is 4.74 Å². The van der Waals surface area contributed by atoms with E-state index in [-0.39, 0.29) is 0 Å². The molecular weight excluding hydrogens is 207 g/mol. The first-order chi connectivity index (χ1) is 7.74. The largest absolute Gasteiger partial charge is 0.486 e. The van der Waals surface area contributed by atoms with Gasteiger partial charge in [-0.1, -0.05) is 6.07 Å². The minimum Gasteiger partial charge on any atom is -0.486 e. The molecule has 0 unspecified atom stereocenters. The Kier molecular flexibility index (Phi) is 3.10. The summed E-state index contributed by atoms with van der Waals surface area (Å²) in [7, 11) is 0. The van der Waals surface area contributed by atoms with E-state index in [1.54, 1.807) is 0 Å². The number of hydrogen-bond donors (Lipinski definition) is 0. The number of rotatable bonds is 3. The van der Waals surface area contributed by atoms with E-state index in [1.807, 2.05) is 25.1 Å². The quantitative estimate of drug-likeness (QED) is 0.742. The Bertz CT molecular complexity index is 471. The molecule has 2 aromatic heterocycles. The van der Waals surface area contributed by atoms with E-state index in [9.17, 15) is 4.39 Å². The Morgan fingerprint density at radius 1 is 1.25 bits per heavy atom. The maximum Gasteiger partial charge on any atom is 0.213 e. The number of ether oxygens (including phenoxy) is 1. The van der Waals surface area contributed by atoms with Crippen molar-refractivity contribution in [2.75, 3.05) is 0 Å². The molecule has 0 aliphatic heterocycles. The molecule has 2 aromatic rings. The fourth-order valence-electron chi connectivity index (χ4n) is 1.28. The van der Waals surface area contributed by atoms with Crippen LogP contribution in [0.2, 0.25) is 0 Å². The number of aryl methyl sites for hydroxylation is 1. The first-order valence-electron chi connectivity index (χ1n) is 4.91. The maximum absolute atomic E-state index is 12.5. The SMILES string of the molecule is Cc1cccc(COc2ccc(F)nc2)n1. The van der Waals surface area contributed by atoms with Gasteiger partial charge in [-0.3, -0.25) is 4.98 Å². The lowest BCUT2D eigenvalue weighted by Gasteiger charge is -2.05. The van der Waals surface area contributed by atoms with Crippen molar-refractivity contribution in [2.24, 2.45) is 0 Å². The zero-order valence-electron chi connectivity index (χ0n) is 8.85. The number of aromatic nitrogens is 2. The molecule has 0 radical (unpaired) electrons. The van der Waals surface area contributed by atoms with Crippen LogP contribution in [0.4, 0.5) is 4.39 Å². The van der Waals surface area contributed by atoms with Gasteiger partial charge in [-0.05, 0) is 31.2 Å². The third-order valence-corrected chi connectivity index (χ3v) is 2.03. The number of nitrogens with zero attached hydrogens (tertiary/aromatic N) is 2. The van der Waals surface area contributed by atoms with E-state index in [0.717, 1.165) is 11.4 Å². The Labute approximate surface area is 92.9 Å². The summed E-state index contributed by atoms with van der Waals surface area (Å²) in [6, 6.07) is 8.52. The molecule has 0 saturated heterocycles. The lowest BCUT2D eigenvalue weighted by Crippen LogP contribution is -1.99. The van der Waals surface area contributed by atoms with Crippen LogP contribution in [0.15, 0.2) is 36.5 Å². The Morgan fingerprint density at radius 3 is 2.81 bits per heavy atom. The number of hydrogen-bond acceptors (Lipinski definition) is 3. The van der Waals surface area contributed by atoms with Crippen LogP contribution in [-0.4, -0.2) is 9.97 Å².